The molecule has 96 valence electrons. The van der Waals surface area contributed by atoms with E-state index in [1.165, 1.54) is 6.07 Å². The lowest BCUT2D eigenvalue weighted by Crippen LogP contribution is -2.08. The summed E-state index contributed by atoms with van der Waals surface area (Å²) < 4.78 is 41.0. The molecule has 0 spiro atoms. The van der Waals surface area contributed by atoms with Crippen molar-refractivity contribution in [1.82, 2.24) is 9.55 Å². The smallest absolute Gasteiger partial charge is 0.196 e. The van der Waals surface area contributed by atoms with E-state index in [-0.39, 0.29) is 12.2 Å². The number of nitrogens with one attached hydrogen (secondary N) is 1. The number of halogens is 3. The van der Waals surface area contributed by atoms with Gasteiger partial charge in [-0.3, -0.25) is 0 Å². The third-order valence-electron chi connectivity index (χ3n) is 2.63. The molecule has 1 heterocycles. The van der Waals surface area contributed by atoms with Gasteiger partial charge in [-0.1, -0.05) is 0 Å². The van der Waals surface area contributed by atoms with Crippen molar-refractivity contribution >= 4 is 5.69 Å². The van der Waals surface area contributed by atoms with Crippen LogP contribution in [0.1, 0.15) is 12.6 Å². The fraction of sp³-hybridized carbons (Fsp3) is 0.250. The highest BCUT2D eigenvalue weighted by Gasteiger charge is 2.13. The van der Waals surface area contributed by atoms with Gasteiger partial charge in [0.1, 0.15) is 0 Å². The van der Waals surface area contributed by atoms with Gasteiger partial charge in [0.25, 0.3) is 0 Å². The van der Waals surface area contributed by atoms with E-state index in [0.29, 0.717) is 0 Å². The van der Waals surface area contributed by atoms with Crippen LogP contribution < -0.4 is 5.32 Å². The molecule has 0 radical (unpaired) electrons. The highest BCUT2D eigenvalue weighted by molar-refractivity contribution is 5.45. The van der Waals surface area contributed by atoms with Crippen molar-refractivity contribution in [2.24, 2.45) is 0 Å². The third kappa shape index (κ3) is 2.32. The van der Waals surface area contributed by atoms with Crippen LogP contribution in [0.4, 0.5) is 18.9 Å². The van der Waals surface area contributed by atoms with Gasteiger partial charge in [0.2, 0.25) is 0 Å². The Labute approximate surface area is 102 Å². The molecule has 0 saturated carbocycles. The van der Waals surface area contributed by atoms with E-state index in [1.54, 1.807) is 12.5 Å². The van der Waals surface area contributed by atoms with Crippen molar-refractivity contribution < 1.29 is 13.2 Å². The average Bonchev–Trinajstić information content (AvgIpc) is 2.82. The van der Waals surface area contributed by atoms with Crippen LogP contribution in [-0.2, 0) is 13.1 Å². The van der Waals surface area contributed by atoms with E-state index in [1.807, 2.05) is 11.5 Å². The summed E-state index contributed by atoms with van der Waals surface area (Å²) in [5, 5.41) is 2.72. The number of anilines is 1. The Kier molecular flexibility index (Phi) is 3.55. The number of nitrogens with zero attached hydrogens (tertiary/aromatic N) is 2. The monoisotopic (exact) mass is 255 g/mol. The molecule has 1 aromatic heterocycles. The highest BCUT2D eigenvalue weighted by Crippen LogP contribution is 2.20. The van der Waals surface area contributed by atoms with E-state index in [4.69, 9.17) is 0 Å². The van der Waals surface area contributed by atoms with E-state index in [0.717, 1.165) is 18.3 Å². The molecule has 1 aromatic carbocycles. The van der Waals surface area contributed by atoms with Gasteiger partial charge in [-0.25, -0.2) is 18.2 Å². The highest BCUT2D eigenvalue weighted by atomic mass is 19.2. The van der Waals surface area contributed by atoms with Gasteiger partial charge in [-0.2, -0.15) is 0 Å². The Morgan fingerprint density at radius 2 is 2.00 bits per heavy atom. The van der Waals surface area contributed by atoms with Crippen LogP contribution in [0, 0.1) is 17.5 Å². The average molecular weight is 255 g/mol. The van der Waals surface area contributed by atoms with Gasteiger partial charge < -0.3 is 9.88 Å². The number of hydrogen-bond donors (Lipinski definition) is 1. The molecule has 2 aromatic rings. The molecule has 0 amide bonds. The topological polar surface area (TPSA) is 29.9 Å². The molecule has 0 fully saturated rings. The maximum Gasteiger partial charge on any atom is 0.196 e. The number of hydrogen-bond acceptors (Lipinski definition) is 2. The minimum Gasteiger partial charge on any atom is -0.377 e. The predicted molar refractivity (Wildman–Crippen MR) is 61.5 cm³/mol. The Balaban J connectivity index is 2.14. The van der Waals surface area contributed by atoms with Crippen LogP contribution in [0.25, 0.3) is 0 Å². The molecule has 0 unspecified atom stereocenters. The first-order valence-electron chi connectivity index (χ1n) is 5.49. The molecule has 3 nitrogen and oxygen atoms in total. The lowest BCUT2D eigenvalue weighted by molar-refractivity contribution is 0.449. The van der Waals surface area contributed by atoms with E-state index in [2.05, 4.69) is 10.3 Å². The van der Waals surface area contributed by atoms with Gasteiger partial charge in [-0.05, 0) is 19.1 Å². The van der Waals surface area contributed by atoms with Crippen molar-refractivity contribution in [2.75, 3.05) is 5.32 Å². The standard InChI is InChI=1S/C12H12F3N3/c1-2-18-7-16-5-8(18)6-17-10-4-3-9(13)11(14)12(10)15/h3-5,7,17H,2,6H2,1H3. The van der Waals surface area contributed by atoms with Gasteiger partial charge in [-0.15, -0.1) is 0 Å². The molecule has 0 atom stereocenters. The lowest BCUT2D eigenvalue weighted by Gasteiger charge is -2.09. The van der Waals surface area contributed by atoms with Crippen LogP contribution in [0.2, 0.25) is 0 Å². The van der Waals surface area contributed by atoms with Crippen molar-refractivity contribution in [3.63, 3.8) is 0 Å². The number of rotatable bonds is 4. The molecule has 0 saturated heterocycles. The van der Waals surface area contributed by atoms with Crippen molar-refractivity contribution in [3.8, 4) is 0 Å². The van der Waals surface area contributed by atoms with Crippen molar-refractivity contribution in [3.05, 3.63) is 47.8 Å². The van der Waals surface area contributed by atoms with Gasteiger partial charge in [0.05, 0.1) is 24.3 Å². The molecule has 2 rings (SSSR count). The minimum absolute atomic E-state index is 0.0715. The molecule has 18 heavy (non-hydrogen) atoms. The molecule has 6 heteroatoms. The normalized spacial score (nSPS) is 10.7. The summed E-state index contributed by atoms with van der Waals surface area (Å²) >= 11 is 0. The van der Waals surface area contributed by atoms with Gasteiger partial charge >= 0.3 is 0 Å². The van der Waals surface area contributed by atoms with Gasteiger partial charge in [0.15, 0.2) is 17.5 Å². The largest absolute Gasteiger partial charge is 0.377 e. The summed E-state index contributed by atoms with van der Waals surface area (Å²) in [6.45, 7) is 2.97. The Morgan fingerprint density at radius 3 is 2.72 bits per heavy atom. The lowest BCUT2D eigenvalue weighted by atomic mass is 10.2. The second-order valence-corrected chi connectivity index (χ2v) is 3.75. The van der Waals surface area contributed by atoms with Crippen LogP contribution >= 0.6 is 0 Å². The fourth-order valence-corrected chi connectivity index (χ4v) is 1.63. The van der Waals surface area contributed by atoms with Crippen LogP contribution in [0.15, 0.2) is 24.7 Å². The zero-order chi connectivity index (χ0) is 13.1. The first-order valence-corrected chi connectivity index (χ1v) is 5.49. The summed E-state index contributed by atoms with van der Waals surface area (Å²) in [6.07, 6.45) is 3.28. The molecular weight excluding hydrogens is 243 g/mol. The van der Waals surface area contributed by atoms with E-state index >= 15 is 0 Å². The minimum atomic E-state index is -1.47. The van der Waals surface area contributed by atoms with Crippen LogP contribution in [0.3, 0.4) is 0 Å². The molecule has 0 aliphatic carbocycles. The van der Waals surface area contributed by atoms with Crippen LogP contribution in [0.5, 0.6) is 0 Å². The summed E-state index contributed by atoms with van der Waals surface area (Å²) in [5.74, 6) is -3.88. The van der Waals surface area contributed by atoms with Crippen molar-refractivity contribution in [1.29, 1.82) is 0 Å². The number of benzene rings is 1. The first kappa shape index (κ1) is 12.5. The number of aromatic nitrogens is 2. The zero-order valence-corrected chi connectivity index (χ0v) is 9.75. The second-order valence-electron chi connectivity index (χ2n) is 3.75. The van der Waals surface area contributed by atoms with E-state index < -0.39 is 17.5 Å². The molecular formula is C12H12F3N3. The fourth-order valence-electron chi connectivity index (χ4n) is 1.63. The molecule has 1 N–H and O–H groups in total. The Hall–Kier alpha value is -1.98. The molecule has 0 aliphatic heterocycles. The van der Waals surface area contributed by atoms with Crippen LogP contribution in [-0.4, -0.2) is 9.55 Å². The number of aryl methyl sites for hydroxylation is 1. The first-order chi connectivity index (χ1) is 8.63. The quantitative estimate of drug-likeness (QED) is 0.851. The summed E-state index contributed by atoms with van der Waals surface area (Å²) in [6, 6.07) is 2.05. The van der Waals surface area contributed by atoms with E-state index in [9.17, 15) is 13.2 Å². The maximum atomic E-state index is 13.4. The second kappa shape index (κ2) is 5.12. The molecule has 0 aliphatic rings. The predicted octanol–water partition coefficient (Wildman–Crippen LogP) is 2.93. The summed E-state index contributed by atoms with van der Waals surface area (Å²) in [5.41, 5.74) is 0.763. The SMILES string of the molecule is CCn1cncc1CNc1ccc(F)c(F)c1F. The number of imidazole rings is 1. The maximum absolute atomic E-state index is 13.4. The summed E-state index contributed by atoms with van der Waals surface area (Å²) in [4.78, 5) is 3.95. The van der Waals surface area contributed by atoms with Gasteiger partial charge in [0, 0.05) is 12.7 Å². The Bertz CT molecular complexity index is 551. The van der Waals surface area contributed by atoms with Crippen molar-refractivity contribution in [2.45, 2.75) is 20.0 Å². The summed E-state index contributed by atoms with van der Waals surface area (Å²) in [7, 11) is 0. The molecule has 0 bridgehead atoms. The zero-order valence-electron chi connectivity index (χ0n) is 9.75. The Morgan fingerprint density at radius 1 is 1.22 bits per heavy atom. The third-order valence-corrected chi connectivity index (χ3v) is 2.63.